The maximum Gasteiger partial charge on any atom is 0.0515 e. The Morgan fingerprint density at radius 3 is 2.89 bits per heavy atom. The van der Waals surface area contributed by atoms with Gasteiger partial charge in [-0.3, -0.25) is 0 Å². The summed E-state index contributed by atoms with van der Waals surface area (Å²) in [5.74, 6) is 0.708. The predicted octanol–water partition coefficient (Wildman–Crippen LogP) is 3.64. The van der Waals surface area contributed by atoms with Gasteiger partial charge in [0.05, 0.1) is 5.52 Å². The van der Waals surface area contributed by atoms with Crippen LogP contribution in [-0.4, -0.2) is 11.1 Å². The molecule has 0 amide bonds. The first-order chi connectivity index (χ1) is 9.15. The van der Waals surface area contributed by atoms with Crippen LogP contribution in [0.2, 0.25) is 0 Å². The molecule has 0 saturated heterocycles. The molecule has 0 radical (unpaired) electrons. The smallest absolute Gasteiger partial charge is 0.0515 e. The summed E-state index contributed by atoms with van der Waals surface area (Å²) >= 11 is 0. The SMILES string of the molecule is Cc1cc(CC(C)C)c2c(c1)cc1n2CCCNC1. The zero-order valence-electron chi connectivity index (χ0n) is 12.3. The predicted molar refractivity (Wildman–Crippen MR) is 81.5 cm³/mol. The second-order valence-corrected chi connectivity index (χ2v) is 6.28. The average molecular weight is 256 g/mol. The quantitative estimate of drug-likeness (QED) is 0.868. The van der Waals surface area contributed by atoms with Crippen molar-refractivity contribution < 1.29 is 0 Å². The molecule has 0 saturated carbocycles. The molecule has 2 aromatic rings. The highest BCUT2D eigenvalue weighted by Crippen LogP contribution is 2.28. The number of nitrogens with zero attached hydrogens (tertiary/aromatic N) is 1. The van der Waals surface area contributed by atoms with Crippen molar-refractivity contribution >= 4 is 10.9 Å². The molecule has 2 heterocycles. The van der Waals surface area contributed by atoms with Gasteiger partial charge in [0.2, 0.25) is 0 Å². The van der Waals surface area contributed by atoms with Gasteiger partial charge in [-0.25, -0.2) is 0 Å². The Morgan fingerprint density at radius 1 is 1.26 bits per heavy atom. The van der Waals surface area contributed by atoms with E-state index in [2.05, 4.69) is 48.9 Å². The second kappa shape index (κ2) is 5.01. The number of hydrogen-bond acceptors (Lipinski definition) is 1. The first kappa shape index (κ1) is 12.7. The minimum Gasteiger partial charge on any atom is -0.343 e. The van der Waals surface area contributed by atoms with E-state index in [1.165, 1.54) is 40.6 Å². The van der Waals surface area contributed by atoms with Crippen LogP contribution in [0.4, 0.5) is 0 Å². The van der Waals surface area contributed by atoms with Crippen LogP contribution in [0, 0.1) is 12.8 Å². The van der Waals surface area contributed by atoms with Crippen LogP contribution < -0.4 is 5.32 Å². The van der Waals surface area contributed by atoms with Gasteiger partial charge in [-0.1, -0.05) is 25.5 Å². The fraction of sp³-hybridized carbons (Fsp3) is 0.529. The van der Waals surface area contributed by atoms with E-state index >= 15 is 0 Å². The monoisotopic (exact) mass is 256 g/mol. The molecule has 102 valence electrons. The molecular formula is C17H24N2. The molecular weight excluding hydrogens is 232 g/mol. The number of hydrogen-bond donors (Lipinski definition) is 1. The first-order valence-corrected chi connectivity index (χ1v) is 7.47. The van der Waals surface area contributed by atoms with Crippen LogP contribution in [0.3, 0.4) is 0 Å². The normalized spacial score (nSPS) is 15.8. The van der Waals surface area contributed by atoms with Gasteiger partial charge in [0.15, 0.2) is 0 Å². The Labute approximate surface area is 115 Å². The van der Waals surface area contributed by atoms with Crippen molar-refractivity contribution in [2.45, 2.75) is 46.7 Å². The van der Waals surface area contributed by atoms with Gasteiger partial charge in [0.1, 0.15) is 0 Å². The second-order valence-electron chi connectivity index (χ2n) is 6.28. The molecule has 1 aliphatic rings. The van der Waals surface area contributed by atoms with E-state index in [-0.39, 0.29) is 0 Å². The number of benzene rings is 1. The maximum absolute atomic E-state index is 3.52. The third-order valence-electron chi connectivity index (χ3n) is 3.97. The van der Waals surface area contributed by atoms with Crippen molar-refractivity contribution in [1.82, 2.24) is 9.88 Å². The number of nitrogens with one attached hydrogen (secondary N) is 1. The lowest BCUT2D eigenvalue weighted by atomic mass is 9.98. The minimum atomic E-state index is 0.708. The number of rotatable bonds is 2. The molecule has 1 aliphatic heterocycles. The van der Waals surface area contributed by atoms with Gasteiger partial charge < -0.3 is 9.88 Å². The Hall–Kier alpha value is -1.28. The molecule has 0 atom stereocenters. The fourth-order valence-corrected chi connectivity index (χ4v) is 3.30. The summed E-state index contributed by atoms with van der Waals surface area (Å²) in [6.45, 7) is 10.1. The molecule has 0 bridgehead atoms. The largest absolute Gasteiger partial charge is 0.343 e. The Balaban J connectivity index is 2.20. The van der Waals surface area contributed by atoms with Crippen molar-refractivity contribution in [3.8, 4) is 0 Å². The minimum absolute atomic E-state index is 0.708. The zero-order valence-corrected chi connectivity index (χ0v) is 12.3. The summed E-state index contributed by atoms with van der Waals surface area (Å²) in [5.41, 5.74) is 5.84. The van der Waals surface area contributed by atoms with E-state index in [1.807, 2.05) is 0 Å². The molecule has 2 heteroatoms. The Kier molecular flexibility index (Phi) is 3.36. The third-order valence-corrected chi connectivity index (χ3v) is 3.97. The summed E-state index contributed by atoms with van der Waals surface area (Å²) < 4.78 is 2.55. The third kappa shape index (κ3) is 2.42. The highest BCUT2D eigenvalue weighted by Gasteiger charge is 2.15. The van der Waals surface area contributed by atoms with Gasteiger partial charge >= 0.3 is 0 Å². The Morgan fingerprint density at radius 2 is 2.11 bits per heavy atom. The van der Waals surface area contributed by atoms with Crippen molar-refractivity contribution in [1.29, 1.82) is 0 Å². The lowest BCUT2D eigenvalue weighted by Gasteiger charge is -2.13. The molecule has 3 rings (SSSR count). The zero-order chi connectivity index (χ0) is 13.4. The van der Waals surface area contributed by atoms with Crippen LogP contribution in [0.25, 0.3) is 10.9 Å². The maximum atomic E-state index is 3.52. The summed E-state index contributed by atoms with van der Waals surface area (Å²) in [6.07, 6.45) is 2.40. The molecule has 0 fully saturated rings. The number of aromatic nitrogens is 1. The van der Waals surface area contributed by atoms with E-state index < -0.39 is 0 Å². The summed E-state index contributed by atoms with van der Waals surface area (Å²) in [4.78, 5) is 0. The number of aryl methyl sites for hydroxylation is 2. The van der Waals surface area contributed by atoms with Gasteiger partial charge in [0, 0.05) is 24.2 Å². The van der Waals surface area contributed by atoms with Gasteiger partial charge in [-0.2, -0.15) is 0 Å². The molecule has 19 heavy (non-hydrogen) atoms. The highest BCUT2D eigenvalue weighted by atomic mass is 15.0. The van der Waals surface area contributed by atoms with Gasteiger partial charge in [-0.05, 0) is 49.9 Å². The molecule has 0 aliphatic carbocycles. The van der Waals surface area contributed by atoms with E-state index in [0.29, 0.717) is 5.92 Å². The molecule has 2 nitrogen and oxygen atoms in total. The number of fused-ring (bicyclic) bond motifs is 3. The van der Waals surface area contributed by atoms with Crippen LogP contribution in [-0.2, 0) is 19.5 Å². The van der Waals surface area contributed by atoms with Crippen molar-refractivity contribution in [2.24, 2.45) is 5.92 Å². The standard InChI is InChI=1S/C17H24N2/c1-12(2)7-14-8-13(3)9-15-10-16-11-18-5-4-6-19(16)17(14)15/h8-10,12,18H,4-7,11H2,1-3H3. The Bertz CT molecular complexity index is 593. The van der Waals surface area contributed by atoms with Crippen LogP contribution in [0.5, 0.6) is 0 Å². The van der Waals surface area contributed by atoms with E-state index in [4.69, 9.17) is 0 Å². The highest BCUT2D eigenvalue weighted by molar-refractivity contribution is 5.85. The molecule has 1 N–H and O–H groups in total. The van der Waals surface area contributed by atoms with Gasteiger partial charge in [0.25, 0.3) is 0 Å². The van der Waals surface area contributed by atoms with Crippen LogP contribution >= 0.6 is 0 Å². The van der Waals surface area contributed by atoms with Crippen LogP contribution in [0.1, 0.15) is 37.1 Å². The summed E-state index contributed by atoms with van der Waals surface area (Å²) in [5, 5.41) is 4.94. The molecule has 1 aromatic carbocycles. The van der Waals surface area contributed by atoms with Crippen molar-refractivity contribution in [3.05, 3.63) is 35.0 Å². The van der Waals surface area contributed by atoms with E-state index in [9.17, 15) is 0 Å². The van der Waals surface area contributed by atoms with Crippen molar-refractivity contribution in [3.63, 3.8) is 0 Å². The summed E-state index contributed by atoms with van der Waals surface area (Å²) in [7, 11) is 0. The fourth-order valence-electron chi connectivity index (χ4n) is 3.30. The lowest BCUT2D eigenvalue weighted by molar-refractivity contribution is 0.637. The van der Waals surface area contributed by atoms with Crippen molar-refractivity contribution in [2.75, 3.05) is 6.54 Å². The topological polar surface area (TPSA) is 17.0 Å². The van der Waals surface area contributed by atoms with Crippen LogP contribution in [0.15, 0.2) is 18.2 Å². The first-order valence-electron chi connectivity index (χ1n) is 7.47. The van der Waals surface area contributed by atoms with Gasteiger partial charge in [-0.15, -0.1) is 0 Å². The average Bonchev–Trinajstić information content (AvgIpc) is 2.52. The van der Waals surface area contributed by atoms with E-state index in [0.717, 1.165) is 19.6 Å². The molecule has 1 aromatic heterocycles. The van der Waals surface area contributed by atoms with E-state index in [1.54, 1.807) is 0 Å². The molecule has 0 spiro atoms. The molecule has 0 unspecified atom stereocenters. The summed E-state index contributed by atoms with van der Waals surface area (Å²) in [6, 6.07) is 7.10. The lowest BCUT2D eigenvalue weighted by Crippen LogP contribution is -2.11.